The summed E-state index contributed by atoms with van der Waals surface area (Å²) in [5.41, 5.74) is 0.805. The quantitative estimate of drug-likeness (QED) is 0.556. The summed E-state index contributed by atoms with van der Waals surface area (Å²) in [4.78, 5) is 11.9. The SMILES string of the molecule is CCCCCCC(CNC(=O)OC(C)(C)C)c1ccc(Br)cc1. The molecule has 0 heterocycles. The number of carbonyl (C=O) groups is 1. The van der Waals surface area contributed by atoms with E-state index in [1.807, 2.05) is 20.8 Å². The fraction of sp³-hybridized carbons (Fsp3) is 0.632. The van der Waals surface area contributed by atoms with Crippen LogP contribution in [0.4, 0.5) is 4.79 Å². The van der Waals surface area contributed by atoms with Gasteiger partial charge in [0.05, 0.1) is 0 Å². The molecule has 3 nitrogen and oxygen atoms in total. The van der Waals surface area contributed by atoms with E-state index in [0.29, 0.717) is 12.5 Å². The maximum atomic E-state index is 11.9. The standard InChI is InChI=1S/C19H30BrNO2/c1-5-6-7-8-9-16(15-10-12-17(20)13-11-15)14-21-18(22)23-19(2,3)4/h10-13,16H,5-9,14H2,1-4H3,(H,21,22). The average Bonchev–Trinajstić information content (AvgIpc) is 2.46. The van der Waals surface area contributed by atoms with Crippen LogP contribution in [0.1, 0.15) is 71.3 Å². The largest absolute Gasteiger partial charge is 0.444 e. The Bertz CT molecular complexity index is 465. The monoisotopic (exact) mass is 383 g/mol. The highest BCUT2D eigenvalue weighted by molar-refractivity contribution is 9.10. The van der Waals surface area contributed by atoms with Crippen LogP contribution in [-0.4, -0.2) is 18.2 Å². The van der Waals surface area contributed by atoms with E-state index in [4.69, 9.17) is 4.74 Å². The Hall–Kier alpha value is -1.03. The lowest BCUT2D eigenvalue weighted by Gasteiger charge is -2.22. The lowest BCUT2D eigenvalue weighted by Crippen LogP contribution is -2.34. The van der Waals surface area contributed by atoms with E-state index >= 15 is 0 Å². The minimum absolute atomic E-state index is 0.326. The summed E-state index contributed by atoms with van der Waals surface area (Å²) in [6, 6.07) is 8.38. The Morgan fingerprint density at radius 1 is 1.17 bits per heavy atom. The summed E-state index contributed by atoms with van der Waals surface area (Å²) in [6.07, 6.45) is 5.68. The third kappa shape index (κ3) is 8.99. The Balaban J connectivity index is 2.60. The van der Waals surface area contributed by atoms with Gasteiger partial charge in [0.15, 0.2) is 0 Å². The maximum absolute atomic E-state index is 11.9. The Morgan fingerprint density at radius 2 is 1.83 bits per heavy atom. The molecule has 0 spiro atoms. The molecule has 1 aromatic carbocycles. The second kappa shape index (κ2) is 9.96. The van der Waals surface area contributed by atoms with Gasteiger partial charge in [-0.2, -0.15) is 0 Å². The van der Waals surface area contributed by atoms with Gasteiger partial charge in [0.2, 0.25) is 0 Å². The first kappa shape index (κ1) is 20.0. The molecule has 0 aliphatic carbocycles. The molecule has 0 aliphatic heterocycles. The first-order chi connectivity index (χ1) is 10.8. The van der Waals surface area contributed by atoms with Crippen molar-refractivity contribution in [1.82, 2.24) is 5.32 Å². The van der Waals surface area contributed by atoms with Gasteiger partial charge in [-0.15, -0.1) is 0 Å². The van der Waals surface area contributed by atoms with E-state index in [1.165, 1.54) is 31.2 Å². The number of alkyl carbamates (subject to hydrolysis) is 1. The molecule has 1 amide bonds. The summed E-state index contributed by atoms with van der Waals surface area (Å²) >= 11 is 3.47. The number of nitrogens with one attached hydrogen (secondary N) is 1. The van der Waals surface area contributed by atoms with E-state index < -0.39 is 5.60 Å². The Labute approximate surface area is 149 Å². The molecule has 23 heavy (non-hydrogen) atoms. The number of hydrogen-bond donors (Lipinski definition) is 1. The van der Waals surface area contributed by atoms with Crippen molar-refractivity contribution in [3.05, 3.63) is 34.3 Å². The molecule has 130 valence electrons. The van der Waals surface area contributed by atoms with Gasteiger partial charge in [-0.1, -0.05) is 60.7 Å². The van der Waals surface area contributed by atoms with E-state index in [9.17, 15) is 4.79 Å². The molecule has 1 unspecified atom stereocenters. The molecule has 0 bridgehead atoms. The summed E-state index contributed by atoms with van der Waals surface area (Å²) in [6.45, 7) is 8.47. The van der Waals surface area contributed by atoms with Crippen LogP contribution >= 0.6 is 15.9 Å². The normalized spacial score (nSPS) is 12.7. The molecule has 0 saturated carbocycles. The zero-order valence-corrected chi connectivity index (χ0v) is 16.4. The van der Waals surface area contributed by atoms with E-state index in [0.717, 1.165) is 10.9 Å². The van der Waals surface area contributed by atoms with Gasteiger partial charge in [-0.25, -0.2) is 4.79 Å². The lowest BCUT2D eigenvalue weighted by molar-refractivity contribution is 0.0524. The molecule has 0 aromatic heterocycles. The third-order valence-corrected chi connectivity index (χ3v) is 4.17. The van der Waals surface area contributed by atoms with Crippen molar-refractivity contribution >= 4 is 22.0 Å². The number of benzene rings is 1. The first-order valence-electron chi connectivity index (χ1n) is 8.54. The molecular weight excluding hydrogens is 354 g/mol. The predicted molar refractivity (Wildman–Crippen MR) is 99.9 cm³/mol. The van der Waals surface area contributed by atoms with Crippen molar-refractivity contribution in [3.63, 3.8) is 0 Å². The van der Waals surface area contributed by atoms with Crippen molar-refractivity contribution in [1.29, 1.82) is 0 Å². The molecule has 0 aliphatic rings. The Kier molecular flexibility index (Phi) is 8.67. The van der Waals surface area contributed by atoms with Crippen LogP contribution in [0.2, 0.25) is 0 Å². The zero-order valence-electron chi connectivity index (χ0n) is 14.8. The van der Waals surface area contributed by atoms with Crippen LogP contribution in [0.25, 0.3) is 0 Å². The summed E-state index contributed by atoms with van der Waals surface area (Å²) < 4.78 is 6.40. The molecule has 1 rings (SSSR count). The average molecular weight is 384 g/mol. The number of halogens is 1. The number of carbonyl (C=O) groups excluding carboxylic acids is 1. The van der Waals surface area contributed by atoms with Crippen LogP contribution < -0.4 is 5.32 Å². The topological polar surface area (TPSA) is 38.3 Å². The van der Waals surface area contributed by atoms with Crippen LogP contribution in [-0.2, 0) is 4.74 Å². The van der Waals surface area contributed by atoms with Gasteiger partial charge in [-0.3, -0.25) is 0 Å². The van der Waals surface area contributed by atoms with Crippen molar-refractivity contribution in [2.24, 2.45) is 0 Å². The van der Waals surface area contributed by atoms with Crippen LogP contribution in [0, 0.1) is 0 Å². The van der Waals surface area contributed by atoms with Gasteiger partial charge in [0, 0.05) is 16.9 Å². The van der Waals surface area contributed by atoms with Crippen molar-refractivity contribution in [2.75, 3.05) is 6.54 Å². The molecular formula is C19H30BrNO2. The second-order valence-electron chi connectivity index (χ2n) is 6.98. The van der Waals surface area contributed by atoms with Gasteiger partial charge >= 0.3 is 6.09 Å². The number of amides is 1. The zero-order chi connectivity index (χ0) is 17.3. The van der Waals surface area contributed by atoms with Gasteiger partial charge in [0.1, 0.15) is 5.60 Å². The summed E-state index contributed by atoms with van der Waals surface area (Å²) in [5.74, 6) is 0.326. The van der Waals surface area contributed by atoms with Crippen molar-refractivity contribution < 1.29 is 9.53 Å². The number of rotatable bonds is 8. The predicted octanol–water partition coefficient (Wildman–Crippen LogP) is 6.03. The second-order valence-corrected chi connectivity index (χ2v) is 7.90. The van der Waals surface area contributed by atoms with Gasteiger partial charge in [0.25, 0.3) is 0 Å². The highest BCUT2D eigenvalue weighted by Crippen LogP contribution is 2.24. The molecule has 0 saturated heterocycles. The number of unbranched alkanes of at least 4 members (excludes halogenated alkanes) is 3. The fourth-order valence-corrected chi connectivity index (χ4v) is 2.72. The van der Waals surface area contributed by atoms with Gasteiger partial charge < -0.3 is 10.1 Å². The molecule has 1 atom stereocenters. The highest BCUT2D eigenvalue weighted by Gasteiger charge is 2.18. The van der Waals surface area contributed by atoms with Gasteiger partial charge in [-0.05, 0) is 44.9 Å². The molecule has 1 aromatic rings. The summed E-state index contributed by atoms with van der Waals surface area (Å²) in [7, 11) is 0. The van der Waals surface area contributed by atoms with Crippen LogP contribution in [0.15, 0.2) is 28.7 Å². The third-order valence-electron chi connectivity index (χ3n) is 3.64. The lowest BCUT2D eigenvalue weighted by atomic mass is 9.93. The molecule has 1 N–H and O–H groups in total. The minimum Gasteiger partial charge on any atom is -0.444 e. The van der Waals surface area contributed by atoms with Crippen molar-refractivity contribution in [2.45, 2.75) is 71.3 Å². The van der Waals surface area contributed by atoms with E-state index in [1.54, 1.807) is 0 Å². The van der Waals surface area contributed by atoms with E-state index in [2.05, 4.69) is 52.4 Å². The number of hydrogen-bond acceptors (Lipinski definition) is 2. The molecule has 0 radical (unpaired) electrons. The van der Waals surface area contributed by atoms with Crippen LogP contribution in [0.5, 0.6) is 0 Å². The molecule has 0 fully saturated rings. The minimum atomic E-state index is -0.460. The number of ether oxygens (including phenoxy) is 1. The Morgan fingerprint density at radius 3 is 2.39 bits per heavy atom. The van der Waals surface area contributed by atoms with Crippen LogP contribution in [0.3, 0.4) is 0 Å². The summed E-state index contributed by atoms with van der Waals surface area (Å²) in [5, 5.41) is 2.92. The highest BCUT2D eigenvalue weighted by atomic mass is 79.9. The van der Waals surface area contributed by atoms with E-state index in [-0.39, 0.29) is 6.09 Å². The smallest absolute Gasteiger partial charge is 0.407 e. The maximum Gasteiger partial charge on any atom is 0.407 e. The molecule has 4 heteroatoms. The van der Waals surface area contributed by atoms with Crippen molar-refractivity contribution in [3.8, 4) is 0 Å². The first-order valence-corrected chi connectivity index (χ1v) is 9.33. The fourth-order valence-electron chi connectivity index (χ4n) is 2.46.